The molecule has 3 rings (SSSR count). The lowest BCUT2D eigenvalue weighted by Gasteiger charge is -2.32. The van der Waals surface area contributed by atoms with Gasteiger partial charge in [-0.05, 0) is 22.4 Å². The van der Waals surface area contributed by atoms with Crippen LogP contribution in [0.1, 0.15) is 15.9 Å². The van der Waals surface area contributed by atoms with Crippen LogP contribution >= 0.6 is 22.9 Å². The first-order valence-corrected chi connectivity index (χ1v) is 7.93. The number of thiophene rings is 1. The van der Waals surface area contributed by atoms with E-state index < -0.39 is 11.8 Å². The molecule has 4 nitrogen and oxygen atoms in total. The van der Waals surface area contributed by atoms with Crippen molar-refractivity contribution in [1.82, 2.24) is 0 Å². The quantitative estimate of drug-likeness (QED) is 0.797. The molecule has 1 aliphatic heterocycles. The van der Waals surface area contributed by atoms with Crippen molar-refractivity contribution in [2.24, 2.45) is 0 Å². The molecule has 1 aliphatic rings. The normalized spacial score (nSPS) is 13.5. The van der Waals surface area contributed by atoms with Crippen molar-refractivity contribution in [1.29, 1.82) is 0 Å². The number of anilines is 1. The zero-order chi connectivity index (χ0) is 15.7. The van der Waals surface area contributed by atoms with Gasteiger partial charge in [0, 0.05) is 12.6 Å². The van der Waals surface area contributed by atoms with Crippen molar-refractivity contribution in [3.05, 3.63) is 44.9 Å². The van der Waals surface area contributed by atoms with E-state index >= 15 is 0 Å². The summed E-state index contributed by atoms with van der Waals surface area (Å²) >= 11 is 7.45. The third kappa shape index (κ3) is 2.64. The van der Waals surface area contributed by atoms with Gasteiger partial charge in [0.1, 0.15) is 17.9 Å². The zero-order valence-electron chi connectivity index (χ0n) is 11.8. The van der Waals surface area contributed by atoms with Crippen LogP contribution in [-0.2, 0) is 11.3 Å². The van der Waals surface area contributed by atoms with Gasteiger partial charge in [-0.3, -0.25) is 0 Å². The lowest BCUT2D eigenvalue weighted by atomic mass is 10.1. The summed E-state index contributed by atoms with van der Waals surface area (Å²) in [5.74, 6) is -1.15. The summed E-state index contributed by atoms with van der Waals surface area (Å²) in [4.78, 5) is 13.9. The van der Waals surface area contributed by atoms with Crippen molar-refractivity contribution < 1.29 is 18.7 Å². The Balaban J connectivity index is 2.11. The smallest absolute Gasteiger partial charge is 0.343 e. The van der Waals surface area contributed by atoms with Crippen LogP contribution in [0, 0.1) is 5.82 Å². The van der Waals surface area contributed by atoms with Gasteiger partial charge in [0.15, 0.2) is 5.82 Å². The summed E-state index contributed by atoms with van der Waals surface area (Å²) in [5.41, 5.74) is 1.30. The molecule has 116 valence electrons. The van der Waals surface area contributed by atoms with Gasteiger partial charge in [0.2, 0.25) is 0 Å². The summed E-state index contributed by atoms with van der Waals surface area (Å²) in [7, 11) is 1.21. The maximum atomic E-state index is 14.4. The van der Waals surface area contributed by atoms with E-state index in [1.807, 2.05) is 21.7 Å². The van der Waals surface area contributed by atoms with Gasteiger partial charge in [-0.2, -0.15) is 11.3 Å². The van der Waals surface area contributed by atoms with E-state index in [1.165, 1.54) is 13.2 Å². The highest BCUT2D eigenvalue weighted by Gasteiger charge is 2.30. The minimum absolute atomic E-state index is 0.156. The fourth-order valence-electron chi connectivity index (χ4n) is 2.44. The molecule has 0 saturated heterocycles. The third-order valence-corrected chi connectivity index (χ3v) is 4.44. The SMILES string of the molecule is COC(=O)c1c(F)c(Cl)cc2c1N(Cc1ccsc1)CCO2. The molecule has 0 radical (unpaired) electrons. The summed E-state index contributed by atoms with van der Waals surface area (Å²) in [6.45, 7) is 1.55. The van der Waals surface area contributed by atoms with Gasteiger partial charge < -0.3 is 14.4 Å². The Labute approximate surface area is 136 Å². The molecule has 2 heterocycles. The molecule has 2 aromatic rings. The molecule has 0 amide bonds. The van der Waals surface area contributed by atoms with Crippen LogP contribution in [0.2, 0.25) is 5.02 Å². The molecule has 22 heavy (non-hydrogen) atoms. The number of carbonyl (C=O) groups is 1. The molecule has 0 atom stereocenters. The number of hydrogen-bond acceptors (Lipinski definition) is 5. The standard InChI is InChI=1S/C15H13ClFNO3S/c1-20-15(19)12-13(17)10(16)6-11-14(12)18(3-4-21-11)7-9-2-5-22-8-9/h2,5-6,8H,3-4,7H2,1H3. The number of halogens is 2. The first kappa shape index (κ1) is 15.1. The van der Waals surface area contributed by atoms with E-state index in [4.69, 9.17) is 21.1 Å². The van der Waals surface area contributed by atoms with Crippen molar-refractivity contribution >= 4 is 34.6 Å². The summed E-state index contributed by atoms with van der Waals surface area (Å²) < 4.78 is 24.6. The largest absolute Gasteiger partial charge is 0.489 e. The Morgan fingerprint density at radius 3 is 3.09 bits per heavy atom. The predicted octanol–water partition coefficient (Wildman–Crippen LogP) is 3.73. The Morgan fingerprint density at radius 1 is 1.59 bits per heavy atom. The number of benzene rings is 1. The molecular weight excluding hydrogens is 329 g/mol. The minimum Gasteiger partial charge on any atom is -0.489 e. The van der Waals surface area contributed by atoms with Crippen LogP contribution in [0.4, 0.5) is 10.1 Å². The van der Waals surface area contributed by atoms with Crippen LogP contribution in [0.15, 0.2) is 22.9 Å². The van der Waals surface area contributed by atoms with Crippen molar-refractivity contribution in [2.45, 2.75) is 6.54 Å². The molecule has 0 bridgehead atoms. The number of ether oxygens (including phenoxy) is 2. The molecule has 7 heteroatoms. The number of hydrogen-bond donors (Lipinski definition) is 0. The van der Waals surface area contributed by atoms with Gasteiger partial charge in [0.05, 0.1) is 24.4 Å². The maximum absolute atomic E-state index is 14.4. The molecule has 1 aromatic carbocycles. The van der Waals surface area contributed by atoms with E-state index in [9.17, 15) is 9.18 Å². The lowest BCUT2D eigenvalue weighted by molar-refractivity contribution is 0.0595. The van der Waals surface area contributed by atoms with Crippen LogP contribution in [0.5, 0.6) is 5.75 Å². The number of methoxy groups -OCH3 is 1. The van der Waals surface area contributed by atoms with Crippen LogP contribution in [0.3, 0.4) is 0 Å². The lowest BCUT2D eigenvalue weighted by Crippen LogP contribution is -2.34. The summed E-state index contributed by atoms with van der Waals surface area (Å²) in [6, 6.07) is 3.39. The van der Waals surface area contributed by atoms with Crippen LogP contribution in [-0.4, -0.2) is 26.2 Å². The average Bonchev–Trinajstić information content (AvgIpc) is 3.01. The molecule has 0 aliphatic carbocycles. The molecule has 0 fully saturated rings. The van der Waals surface area contributed by atoms with E-state index in [0.717, 1.165) is 5.56 Å². The minimum atomic E-state index is -0.784. The van der Waals surface area contributed by atoms with Gasteiger partial charge in [0.25, 0.3) is 0 Å². The fourth-order valence-corrected chi connectivity index (χ4v) is 3.30. The molecule has 0 spiro atoms. The number of esters is 1. The number of rotatable bonds is 3. The second-order valence-corrected chi connectivity index (χ2v) is 5.97. The zero-order valence-corrected chi connectivity index (χ0v) is 13.3. The topological polar surface area (TPSA) is 38.8 Å². The molecule has 0 N–H and O–H groups in total. The Bertz CT molecular complexity index is 705. The Morgan fingerprint density at radius 2 is 2.41 bits per heavy atom. The predicted molar refractivity (Wildman–Crippen MR) is 83.6 cm³/mol. The highest BCUT2D eigenvalue weighted by molar-refractivity contribution is 7.07. The van der Waals surface area contributed by atoms with Crippen molar-refractivity contribution in [2.75, 3.05) is 25.2 Å². The van der Waals surface area contributed by atoms with Crippen LogP contribution in [0.25, 0.3) is 0 Å². The number of carbonyl (C=O) groups excluding carboxylic acids is 1. The number of nitrogens with zero attached hydrogens (tertiary/aromatic N) is 1. The van der Waals surface area contributed by atoms with Crippen molar-refractivity contribution in [3.8, 4) is 5.75 Å². The number of fused-ring (bicyclic) bond motifs is 1. The van der Waals surface area contributed by atoms with E-state index in [2.05, 4.69) is 0 Å². The van der Waals surface area contributed by atoms with E-state index in [1.54, 1.807) is 11.3 Å². The Kier molecular flexibility index (Phi) is 4.22. The van der Waals surface area contributed by atoms with E-state index in [0.29, 0.717) is 31.1 Å². The summed E-state index contributed by atoms with van der Waals surface area (Å²) in [5, 5.41) is 3.83. The van der Waals surface area contributed by atoms with E-state index in [-0.39, 0.29) is 10.6 Å². The van der Waals surface area contributed by atoms with Gasteiger partial charge in [-0.15, -0.1) is 0 Å². The molecular formula is C15H13ClFNO3S. The van der Waals surface area contributed by atoms with Gasteiger partial charge >= 0.3 is 5.97 Å². The first-order chi connectivity index (χ1) is 10.6. The summed E-state index contributed by atoms with van der Waals surface area (Å²) in [6.07, 6.45) is 0. The van der Waals surface area contributed by atoms with Crippen molar-refractivity contribution in [3.63, 3.8) is 0 Å². The Hall–Kier alpha value is -1.79. The molecule has 0 unspecified atom stereocenters. The first-order valence-electron chi connectivity index (χ1n) is 6.61. The molecule has 0 saturated carbocycles. The molecule has 1 aromatic heterocycles. The highest BCUT2D eigenvalue weighted by Crippen LogP contribution is 2.41. The second-order valence-electron chi connectivity index (χ2n) is 4.79. The third-order valence-electron chi connectivity index (χ3n) is 3.44. The van der Waals surface area contributed by atoms with Gasteiger partial charge in [-0.25, -0.2) is 9.18 Å². The van der Waals surface area contributed by atoms with Crippen LogP contribution < -0.4 is 9.64 Å². The fraction of sp³-hybridized carbons (Fsp3) is 0.267. The second kappa shape index (κ2) is 6.14. The van der Waals surface area contributed by atoms with Gasteiger partial charge in [-0.1, -0.05) is 11.6 Å². The maximum Gasteiger partial charge on any atom is 0.343 e. The average molecular weight is 342 g/mol. The monoisotopic (exact) mass is 341 g/mol. The highest BCUT2D eigenvalue weighted by atomic mass is 35.5.